The van der Waals surface area contributed by atoms with E-state index in [1.165, 1.54) is 6.07 Å². The van der Waals surface area contributed by atoms with Crippen molar-refractivity contribution in [3.8, 4) is 5.75 Å². The average Bonchev–Trinajstić information content (AvgIpc) is 3.12. The number of amides is 1. The van der Waals surface area contributed by atoms with Gasteiger partial charge >= 0.3 is 0 Å². The Hall–Kier alpha value is -2.22. The largest absolute Gasteiger partial charge is 0.477 e. The Labute approximate surface area is 184 Å². The van der Waals surface area contributed by atoms with Crippen molar-refractivity contribution in [2.45, 2.75) is 51.7 Å². The van der Waals surface area contributed by atoms with Gasteiger partial charge in [0.05, 0.1) is 0 Å². The number of nitrogens with zero attached hydrogens (tertiary/aromatic N) is 4. The maximum atomic E-state index is 14.2. The highest BCUT2D eigenvalue weighted by Crippen LogP contribution is 2.30. The van der Waals surface area contributed by atoms with Crippen molar-refractivity contribution in [1.82, 2.24) is 14.9 Å². The zero-order valence-corrected chi connectivity index (χ0v) is 18.9. The first-order valence-corrected chi connectivity index (χ1v) is 11.2. The van der Waals surface area contributed by atoms with Gasteiger partial charge in [-0.05, 0) is 49.4 Å². The molecule has 1 aromatic carbocycles. The minimum Gasteiger partial charge on any atom is -0.477 e. The minimum absolute atomic E-state index is 0.0445. The first-order chi connectivity index (χ1) is 14.5. The van der Waals surface area contributed by atoms with E-state index in [0.717, 1.165) is 49.4 Å². The van der Waals surface area contributed by atoms with Gasteiger partial charge in [0.2, 0.25) is 5.95 Å². The maximum absolute atomic E-state index is 14.2. The van der Waals surface area contributed by atoms with Gasteiger partial charge in [-0.15, -0.1) is 0 Å². The van der Waals surface area contributed by atoms with Gasteiger partial charge in [-0.1, -0.05) is 22.9 Å². The normalized spacial score (nSPS) is 20.1. The number of benzene rings is 1. The van der Waals surface area contributed by atoms with Crippen LogP contribution in [0, 0.1) is 12.7 Å². The number of ether oxygens (including phenoxy) is 1. The number of likely N-dealkylation sites (tertiary alicyclic amines) is 1. The third kappa shape index (κ3) is 4.29. The highest BCUT2D eigenvalue weighted by molar-refractivity contribution is 9.10. The predicted molar refractivity (Wildman–Crippen MR) is 116 cm³/mol. The first kappa shape index (κ1) is 21.0. The van der Waals surface area contributed by atoms with Gasteiger partial charge < -0.3 is 14.5 Å². The highest BCUT2D eigenvalue weighted by atomic mass is 79.9. The molecule has 2 fully saturated rings. The van der Waals surface area contributed by atoms with Gasteiger partial charge in [0.1, 0.15) is 0 Å². The third-order valence-corrected chi connectivity index (χ3v) is 6.82. The van der Waals surface area contributed by atoms with Gasteiger partial charge in [0.15, 0.2) is 17.7 Å². The van der Waals surface area contributed by atoms with Crippen LogP contribution in [0.5, 0.6) is 5.75 Å². The summed E-state index contributed by atoms with van der Waals surface area (Å²) in [5.74, 6) is 0.386. The summed E-state index contributed by atoms with van der Waals surface area (Å²) in [7, 11) is 0. The average molecular weight is 477 g/mol. The van der Waals surface area contributed by atoms with Gasteiger partial charge in [0.25, 0.3) is 5.91 Å². The minimum atomic E-state index is -0.622. The first-order valence-electron chi connectivity index (χ1n) is 10.4. The van der Waals surface area contributed by atoms with Crippen molar-refractivity contribution in [2.24, 2.45) is 0 Å². The molecule has 4 rings (SSSR count). The van der Waals surface area contributed by atoms with Crippen LogP contribution in [0.3, 0.4) is 0 Å². The van der Waals surface area contributed by atoms with E-state index in [-0.39, 0.29) is 17.7 Å². The van der Waals surface area contributed by atoms with Crippen LogP contribution in [0.25, 0.3) is 0 Å². The Morgan fingerprint density at radius 3 is 2.53 bits per heavy atom. The molecule has 1 aromatic heterocycles. The monoisotopic (exact) mass is 476 g/mol. The Morgan fingerprint density at radius 1 is 1.17 bits per heavy atom. The zero-order chi connectivity index (χ0) is 21.3. The van der Waals surface area contributed by atoms with Crippen molar-refractivity contribution in [3.63, 3.8) is 0 Å². The van der Waals surface area contributed by atoms with Crippen molar-refractivity contribution in [3.05, 3.63) is 45.9 Å². The molecular weight excluding hydrogens is 451 g/mol. The van der Waals surface area contributed by atoms with E-state index in [1.807, 2.05) is 24.2 Å². The van der Waals surface area contributed by atoms with E-state index < -0.39 is 11.9 Å². The molecule has 1 amide bonds. The molecule has 0 N–H and O–H groups in total. The van der Waals surface area contributed by atoms with Crippen molar-refractivity contribution < 1.29 is 13.9 Å². The predicted octanol–water partition coefficient (Wildman–Crippen LogP) is 3.90. The second-order valence-corrected chi connectivity index (χ2v) is 8.78. The lowest BCUT2D eigenvalue weighted by atomic mass is 10.0. The Morgan fingerprint density at radius 2 is 1.87 bits per heavy atom. The number of halogens is 2. The molecule has 1 atom stereocenters. The lowest BCUT2D eigenvalue weighted by Gasteiger charge is -2.36. The molecule has 30 heavy (non-hydrogen) atoms. The number of rotatable bonds is 5. The molecule has 6 nitrogen and oxygen atoms in total. The van der Waals surface area contributed by atoms with Crippen LogP contribution < -0.4 is 9.64 Å². The summed E-state index contributed by atoms with van der Waals surface area (Å²) in [6.45, 7) is 6.22. The van der Waals surface area contributed by atoms with Crippen LogP contribution in [0.4, 0.5) is 10.3 Å². The Bertz CT molecular complexity index is 916. The highest BCUT2D eigenvalue weighted by Gasteiger charge is 2.39. The summed E-state index contributed by atoms with van der Waals surface area (Å²) in [6.07, 6.45) is 6.36. The number of hydrogen-bond donors (Lipinski definition) is 0. The number of aromatic nitrogens is 2. The van der Waals surface area contributed by atoms with Crippen LogP contribution in [0.2, 0.25) is 0 Å². The van der Waals surface area contributed by atoms with Gasteiger partial charge in [0, 0.05) is 49.0 Å². The smallest absolute Gasteiger partial charge is 0.263 e. The van der Waals surface area contributed by atoms with E-state index in [2.05, 4.69) is 37.7 Å². The van der Waals surface area contributed by atoms with Crippen LogP contribution in [-0.4, -0.2) is 52.6 Å². The van der Waals surface area contributed by atoms with Crippen LogP contribution in [0.1, 0.15) is 37.3 Å². The Kier molecular flexibility index (Phi) is 6.22. The molecule has 0 spiro atoms. The topological polar surface area (TPSA) is 58.6 Å². The second kappa shape index (κ2) is 8.88. The summed E-state index contributed by atoms with van der Waals surface area (Å²) >= 11 is 3.31. The molecule has 2 saturated heterocycles. The zero-order valence-electron chi connectivity index (χ0n) is 17.3. The molecule has 0 radical (unpaired) electrons. The van der Waals surface area contributed by atoms with Crippen molar-refractivity contribution >= 4 is 27.8 Å². The number of aryl methyl sites for hydroxylation is 2. The molecule has 2 aliphatic heterocycles. The van der Waals surface area contributed by atoms with Gasteiger partial charge in [-0.25, -0.2) is 14.4 Å². The quantitative estimate of drug-likeness (QED) is 0.654. The fourth-order valence-electron chi connectivity index (χ4n) is 4.09. The summed E-state index contributed by atoms with van der Waals surface area (Å²) in [5.41, 5.74) is 2.00. The molecule has 3 heterocycles. The number of carbonyl (C=O) groups is 1. The van der Waals surface area contributed by atoms with Crippen LogP contribution in [0.15, 0.2) is 29.0 Å². The molecule has 0 aliphatic carbocycles. The molecule has 2 aliphatic rings. The number of hydrogen-bond acceptors (Lipinski definition) is 5. The molecule has 160 valence electrons. The molecule has 0 saturated carbocycles. The molecule has 1 unspecified atom stereocenters. The maximum Gasteiger partial charge on any atom is 0.263 e. The summed E-state index contributed by atoms with van der Waals surface area (Å²) in [6, 6.07) is 3.19. The fraction of sp³-hybridized carbons (Fsp3) is 0.500. The van der Waals surface area contributed by atoms with E-state index in [4.69, 9.17) is 4.74 Å². The standard InChI is InChI=1S/C22H26BrFN4O2/c1-3-15-12-25-22(26-13-15)27-7-4-16(5-8-27)28-9-6-19(21(28)29)30-20-10-14(2)17(23)11-18(20)24/h10-13,16,19H,3-9H2,1-2H3. The van der Waals surface area contributed by atoms with E-state index in [0.29, 0.717) is 17.4 Å². The van der Waals surface area contributed by atoms with E-state index in [9.17, 15) is 9.18 Å². The van der Waals surface area contributed by atoms with Crippen LogP contribution >= 0.6 is 15.9 Å². The Balaban J connectivity index is 1.35. The second-order valence-electron chi connectivity index (χ2n) is 7.92. The molecular formula is C22H26BrFN4O2. The van der Waals surface area contributed by atoms with Crippen molar-refractivity contribution in [2.75, 3.05) is 24.5 Å². The van der Waals surface area contributed by atoms with Gasteiger partial charge in [-0.2, -0.15) is 0 Å². The summed E-state index contributed by atoms with van der Waals surface area (Å²) in [4.78, 5) is 25.9. The van der Waals surface area contributed by atoms with Crippen molar-refractivity contribution in [1.29, 1.82) is 0 Å². The number of anilines is 1. The molecule has 8 heteroatoms. The molecule has 0 bridgehead atoms. The SMILES string of the molecule is CCc1cnc(N2CCC(N3CCC(Oc4cc(C)c(Br)cc4F)C3=O)CC2)nc1. The summed E-state index contributed by atoms with van der Waals surface area (Å²) < 4.78 is 20.7. The number of carbonyl (C=O) groups excluding carboxylic acids is 1. The van der Waals surface area contributed by atoms with E-state index in [1.54, 1.807) is 6.07 Å². The molecule has 2 aromatic rings. The third-order valence-electron chi connectivity index (χ3n) is 5.96. The summed E-state index contributed by atoms with van der Waals surface area (Å²) in [5, 5.41) is 0. The van der Waals surface area contributed by atoms with E-state index >= 15 is 0 Å². The lowest BCUT2D eigenvalue weighted by Crippen LogP contribution is -2.47. The fourth-order valence-corrected chi connectivity index (χ4v) is 4.41. The number of piperidine rings is 1. The van der Waals surface area contributed by atoms with Crippen LogP contribution in [-0.2, 0) is 11.2 Å². The lowest BCUT2D eigenvalue weighted by molar-refractivity contribution is -0.135. The van der Waals surface area contributed by atoms with Gasteiger partial charge in [-0.3, -0.25) is 4.79 Å².